The third kappa shape index (κ3) is 83.7. The summed E-state index contributed by atoms with van der Waals surface area (Å²) in [5, 5.41) is 25.6. The minimum atomic E-state index is -3.45. The molecule has 2 heterocycles. The molecular weight excluding hydrogens is 2500 g/mol. The molecule has 0 amide bonds. The van der Waals surface area contributed by atoms with E-state index in [9.17, 15) is 25.3 Å². The van der Waals surface area contributed by atoms with Crippen LogP contribution in [-0.2, 0) is 136 Å². The highest BCUT2D eigenvalue weighted by atomic mass is 127. The zero-order chi connectivity index (χ0) is 109. The number of hydrogen-bond acceptors (Lipinski definition) is 36. The molecule has 7 aromatic rings. The maximum atomic E-state index is 10.9. The SMILES string of the molecule is C#Cc1ccc(N2CCOCCOCCN(Cc3ccc(C)cc3)CCOCCOCC2)cc1.CS(=O)(=O)Cl.CS(=O)(=O)OCCOCCOCCN(CCOCCOCCOS(C)(=O)=O)c1ccc(I)cc1.Cc1ccc(CN2CCOCCOCCN(c3ccc(I)cc3)CCOCCOCC2)cc1.Nc1ccc(I)cc1.OCCOCCOCCCl.OCCOCCOCCN(CCOCCOCCO)c1ccc(I)cc1. The first-order chi connectivity index (χ1) is 72.5. The first-order valence-electron chi connectivity index (χ1n) is 49.8. The predicted molar refractivity (Wildman–Crippen MR) is 626 cm³/mol. The second-order valence-electron chi connectivity index (χ2n) is 32.8. The number of terminal acetylenes is 1. The van der Waals surface area contributed by atoms with Gasteiger partial charge in [0, 0.05) is 156 Å². The van der Waals surface area contributed by atoms with Gasteiger partial charge < -0.3 is 126 Å². The van der Waals surface area contributed by atoms with Crippen molar-refractivity contribution in [2.24, 2.45) is 0 Å². The molecule has 2 fully saturated rings. The van der Waals surface area contributed by atoms with Gasteiger partial charge in [-0.25, -0.2) is 8.42 Å². The van der Waals surface area contributed by atoms with E-state index in [2.05, 4.69) is 268 Å². The molecule has 36 nitrogen and oxygen atoms in total. The highest BCUT2D eigenvalue weighted by Gasteiger charge is 2.16. The van der Waals surface area contributed by atoms with Crippen LogP contribution in [-0.4, -0.2) is 424 Å². The van der Waals surface area contributed by atoms with Gasteiger partial charge in [0.05, 0.1) is 290 Å². The molecule has 150 heavy (non-hydrogen) atoms. The number of benzene rings is 7. The Morgan fingerprint density at radius 2 is 0.567 bits per heavy atom. The lowest BCUT2D eigenvalue weighted by molar-refractivity contribution is 0.0211. The van der Waals surface area contributed by atoms with Crippen LogP contribution in [0.25, 0.3) is 0 Å². The van der Waals surface area contributed by atoms with Crippen molar-refractivity contribution in [1.82, 2.24) is 9.80 Å². The highest BCUT2D eigenvalue weighted by molar-refractivity contribution is 14.1. The van der Waals surface area contributed by atoms with E-state index < -0.39 is 29.3 Å². The first kappa shape index (κ1) is 140. The molecule has 9 rings (SSSR count). The standard InChI is InChI=1S/C28H38N2O4.C26H37IN2O4.C20H34INO10S2.C18H30INO6.C6H13ClO3.C6H6IN.CH3ClO2S/c1-3-26-8-10-28(11-9-26)30-14-18-33-22-20-31-16-12-29(13-17-32-21-23-34-19-15-30)24-27-6-4-25(2)5-7-27;1-23-2-4-24(5-3-23)22-28-10-14-30-18-20-32-16-12-29(26-8-6-25(27)7-9-26)13-17-33-21-19-31-15-11-28;1-33(23,24)31-17-15-29-13-11-27-9-7-22(20-5-3-19(21)4-6-20)8-10-28-12-14-30-16-18-32-34(2,25)26;19-17-1-3-18(4-2-17)20(5-9-23-13-15-25-11-7-21)6-10-24-14-16-26-12-8-22;7-1-3-9-5-6-10-4-2-8;7-5-1-3-6(8)4-2-5;1-5(2,3)4/h1,4-11H,12-24H2,2H3;2-9H,10-22H2,1H3;3-6H,7-18H2,1-2H3;1-4,21-22H,5-16H2;8H,1-6H2;1-4H,8H2;1H3. The van der Waals surface area contributed by atoms with Crippen LogP contribution in [0.5, 0.6) is 0 Å². The Labute approximate surface area is 956 Å². The fourth-order valence-corrected chi connectivity index (χ4v) is 15.2. The molecule has 2 saturated heterocycles. The Morgan fingerprint density at radius 1 is 0.333 bits per heavy atom. The minimum Gasteiger partial charge on any atom is -0.399 e. The zero-order valence-corrected chi connectivity index (χ0v) is 100. The number of rotatable bonds is 51. The average Bonchev–Trinajstić information content (AvgIpc) is 0.884. The summed E-state index contributed by atoms with van der Waals surface area (Å²) in [5.41, 5.74) is 16.8. The van der Waals surface area contributed by atoms with Crippen LogP contribution in [0.1, 0.15) is 27.8 Å². The Morgan fingerprint density at radius 3 is 0.820 bits per heavy atom. The number of hydrogen-bond donors (Lipinski definition) is 4. The molecule has 0 unspecified atom stereocenters. The number of halogens is 6. The quantitative estimate of drug-likeness (QED) is 0.00523. The summed E-state index contributed by atoms with van der Waals surface area (Å²) >= 11 is 14.5. The Hall–Kier alpha value is -4.55. The molecule has 2 aliphatic rings. The summed E-state index contributed by atoms with van der Waals surface area (Å²) in [6, 6.07) is 58.3. The van der Waals surface area contributed by atoms with E-state index in [1.807, 2.05) is 60.7 Å². The lowest BCUT2D eigenvalue weighted by atomic mass is 10.1. The highest BCUT2D eigenvalue weighted by Crippen LogP contribution is 2.22. The normalized spacial score (nSPS) is 14.6. The number of ether oxygens (including phenoxy) is 18. The Kier molecular flexibility index (Phi) is 86.9. The molecule has 7 aromatic carbocycles. The monoisotopic (exact) mass is 2660 g/mol. The topological polar surface area (TPSA) is 393 Å². The minimum absolute atomic E-state index is 0.0150. The largest absolute Gasteiger partial charge is 0.399 e. The summed E-state index contributed by atoms with van der Waals surface area (Å²) in [5.74, 6) is 3.18. The predicted octanol–water partition coefficient (Wildman–Crippen LogP) is 11.9. The Balaban J connectivity index is 0.000000479. The summed E-state index contributed by atoms with van der Waals surface area (Å²) in [4.78, 5) is 13.7. The van der Waals surface area contributed by atoms with E-state index in [1.54, 1.807) is 0 Å². The van der Waals surface area contributed by atoms with Crippen molar-refractivity contribution in [3.8, 4) is 12.3 Å². The van der Waals surface area contributed by atoms with Crippen LogP contribution in [0.2, 0.25) is 0 Å². The lowest BCUT2D eigenvalue weighted by Crippen LogP contribution is -2.33. The number of nitrogens with zero attached hydrogens (tertiary/aromatic N) is 6. The van der Waals surface area contributed by atoms with E-state index in [1.165, 1.54) is 38.7 Å². The van der Waals surface area contributed by atoms with Gasteiger partial charge >= 0.3 is 0 Å². The second-order valence-corrected chi connectivity index (χ2v) is 44.5. The fraction of sp³-hybridized carbons (Fsp3) is 0.581. The maximum Gasteiger partial charge on any atom is 0.264 e. The number of aliphatic hydroxyl groups excluding tert-OH is 3. The van der Waals surface area contributed by atoms with Crippen LogP contribution in [0, 0.1) is 40.5 Å². The van der Waals surface area contributed by atoms with Gasteiger partial charge in [-0.15, -0.1) is 18.0 Å². The van der Waals surface area contributed by atoms with Crippen LogP contribution in [0.4, 0.5) is 28.4 Å². The van der Waals surface area contributed by atoms with Crippen molar-refractivity contribution in [3.63, 3.8) is 0 Å². The van der Waals surface area contributed by atoms with Crippen LogP contribution in [0.3, 0.4) is 0 Å². The summed E-state index contributed by atoms with van der Waals surface area (Å²) < 4.78 is 176. The van der Waals surface area contributed by atoms with Crippen molar-refractivity contribution in [2.45, 2.75) is 26.9 Å². The summed E-state index contributed by atoms with van der Waals surface area (Å²) in [7, 11) is -5.58. The maximum absolute atomic E-state index is 10.9. The van der Waals surface area contributed by atoms with Gasteiger partial charge in [0.15, 0.2) is 0 Å². The molecular formula is C105H161Cl2I4N7O29S3. The van der Waals surface area contributed by atoms with Crippen molar-refractivity contribution in [3.05, 3.63) is 212 Å². The van der Waals surface area contributed by atoms with Crippen LogP contribution < -0.4 is 25.3 Å². The molecule has 0 atom stereocenters. The number of nitrogen functional groups attached to an aromatic ring is 1. The number of nitrogens with two attached hydrogens (primary N) is 1. The first-order valence-corrected chi connectivity index (χ1v) is 61.0. The zero-order valence-electron chi connectivity index (χ0n) is 87.6. The van der Waals surface area contributed by atoms with Crippen molar-refractivity contribution in [1.29, 1.82) is 0 Å². The van der Waals surface area contributed by atoms with Gasteiger partial charge in [-0.1, -0.05) is 65.6 Å². The number of aliphatic hydroxyl groups is 3. The van der Waals surface area contributed by atoms with E-state index in [0.29, 0.717) is 244 Å². The molecule has 0 aliphatic carbocycles. The summed E-state index contributed by atoms with van der Waals surface area (Å²) in [6.07, 6.45) is 8.40. The smallest absolute Gasteiger partial charge is 0.264 e. The van der Waals surface area contributed by atoms with Gasteiger partial charge in [-0.05, 0) is 237 Å². The number of aryl methyl sites for hydroxylation is 2. The van der Waals surface area contributed by atoms with Gasteiger partial charge in [-0.2, -0.15) is 16.8 Å². The molecule has 0 bridgehead atoms. The molecule has 0 aromatic heterocycles. The molecule has 0 spiro atoms. The van der Waals surface area contributed by atoms with E-state index >= 15 is 0 Å². The lowest BCUT2D eigenvalue weighted by Gasteiger charge is -2.25. The van der Waals surface area contributed by atoms with Gasteiger partial charge in [0.25, 0.3) is 20.2 Å². The average molecular weight is 2660 g/mol. The summed E-state index contributed by atoms with van der Waals surface area (Å²) in [6.45, 7) is 34.4. The Bertz CT molecular complexity index is 4620. The van der Waals surface area contributed by atoms with Gasteiger partial charge in [0.1, 0.15) is 0 Å². The third-order valence-corrected chi connectivity index (χ3v) is 24.7. The molecule has 2 aliphatic heterocycles. The fourth-order valence-electron chi connectivity index (χ4n) is 12.9. The molecule has 45 heteroatoms. The molecule has 850 valence electrons. The second kappa shape index (κ2) is 93.3. The van der Waals surface area contributed by atoms with Crippen molar-refractivity contribution in [2.75, 3.05) is 399 Å². The molecule has 0 radical (unpaired) electrons. The van der Waals surface area contributed by atoms with E-state index in [-0.39, 0.29) is 46.2 Å². The molecule has 5 N–H and O–H groups in total. The van der Waals surface area contributed by atoms with Gasteiger partial charge in [0.2, 0.25) is 9.05 Å². The van der Waals surface area contributed by atoms with E-state index in [4.69, 9.17) is 124 Å². The van der Waals surface area contributed by atoms with Gasteiger partial charge in [-0.3, -0.25) is 18.2 Å². The van der Waals surface area contributed by atoms with Crippen LogP contribution >= 0.6 is 113 Å². The van der Waals surface area contributed by atoms with E-state index in [0.717, 1.165) is 129 Å². The number of anilines is 5. The van der Waals surface area contributed by atoms with Crippen molar-refractivity contribution >= 4 is 170 Å². The number of alkyl halides is 1. The van der Waals surface area contributed by atoms with Crippen molar-refractivity contribution < 1.29 is 134 Å². The molecule has 0 saturated carbocycles. The third-order valence-electron chi connectivity index (χ3n) is 20.5. The van der Waals surface area contributed by atoms with Crippen LogP contribution in [0.15, 0.2) is 170 Å².